The molecule has 5 rings (SSSR count). The highest BCUT2D eigenvalue weighted by Crippen LogP contribution is 2.41. The zero-order valence-electron chi connectivity index (χ0n) is 19.7. The number of carbonyl (C=O) groups is 1. The highest BCUT2D eigenvalue weighted by molar-refractivity contribution is 6.35. The van der Waals surface area contributed by atoms with Crippen LogP contribution in [0.1, 0.15) is 49.5 Å². The van der Waals surface area contributed by atoms with Crippen LogP contribution in [0.4, 0.5) is 10.6 Å². The number of urea groups is 1. The van der Waals surface area contributed by atoms with Gasteiger partial charge in [-0.05, 0) is 43.7 Å². The van der Waals surface area contributed by atoms with Crippen molar-refractivity contribution in [2.45, 2.75) is 50.5 Å². The number of nitrogens with zero attached hydrogens (tertiary/aromatic N) is 4. The number of fused-ring (bicyclic) bond motifs is 1. The van der Waals surface area contributed by atoms with E-state index in [2.05, 4.69) is 32.9 Å². The summed E-state index contributed by atoms with van der Waals surface area (Å²) in [6, 6.07) is 4.40. The quantitative estimate of drug-likeness (QED) is 0.554. The smallest absolute Gasteiger partial charge is 0.314 e. The van der Waals surface area contributed by atoms with Gasteiger partial charge in [-0.2, -0.15) is 0 Å². The van der Waals surface area contributed by atoms with Crippen LogP contribution in [0.25, 0.3) is 0 Å². The number of hydrogen-bond acceptors (Lipinski definition) is 7. The maximum absolute atomic E-state index is 11.4. The first kappa shape index (κ1) is 24.5. The Hall–Kier alpha value is -2.17. The van der Waals surface area contributed by atoms with Gasteiger partial charge in [0.2, 0.25) is 0 Å². The lowest BCUT2D eigenvalue weighted by Crippen LogP contribution is -2.50. The van der Waals surface area contributed by atoms with Crippen LogP contribution in [0.2, 0.25) is 10.0 Å². The summed E-state index contributed by atoms with van der Waals surface area (Å²) >= 11 is 12.7. The van der Waals surface area contributed by atoms with Gasteiger partial charge in [0.05, 0.1) is 28.3 Å². The van der Waals surface area contributed by atoms with Gasteiger partial charge >= 0.3 is 6.03 Å². The number of hydrogen-bond donors (Lipinski definition) is 3. The van der Waals surface area contributed by atoms with Gasteiger partial charge in [-0.3, -0.25) is 10.4 Å². The Balaban J connectivity index is 1.22. The van der Waals surface area contributed by atoms with Crippen LogP contribution in [0.15, 0.2) is 30.7 Å². The normalized spacial score (nSPS) is 27.5. The topological polar surface area (TPSA) is 109 Å². The first-order chi connectivity index (χ1) is 16.9. The van der Waals surface area contributed by atoms with Crippen molar-refractivity contribution < 1.29 is 9.53 Å². The third-order valence-corrected chi connectivity index (χ3v) is 8.04. The number of aromatic nitrogens is 2. The molecule has 4 unspecified atom stereocenters. The summed E-state index contributed by atoms with van der Waals surface area (Å²) < 4.78 is 6.44. The number of amides is 2. The number of carbonyl (C=O) groups excluding carboxylic acids is 1. The van der Waals surface area contributed by atoms with Crippen LogP contribution in [-0.4, -0.2) is 59.2 Å². The number of nitrogens with two attached hydrogens (primary N) is 1. The standard InChI is InChI=1S/C24H31Cl2N7O2/c1-14(22-18(25)12-28-13-19(22)26)35-16-3-4-20-17(10-16)23(31-30-20)15-2-5-21(29-11-15)32-6-8-33(9-7-32)24(27)34/h2,5,11-14,16-17,20,23,30-31H,3-4,6-10H2,1H3,(H2,27,34)/t14-,16?,17?,20?,23?/m1/s1. The molecule has 9 nitrogen and oxygen atoms in total. The number of anilines is 1. The predicted molar refractivity (Wildman–Crippen MR) is 135 cm³/mol. The summed E-state index contributed by atoms with van der Waals surface area (Å²) in [7, 11) is 0. The average Bonchev–Trinajstić information content (AvgIpc) is 3.27. The molecule has 1 saturated carbocycles. The highest BCUT2D eigenvalue weighted by Gasteiger charge is 2.42. The second-order valence-corrected chi connectivity index (χ2v) is 10.3. The van der Waals surface area contributed by atoms with Gasteiger partial charge < -0.3 is 20.3 Å². The molecule has 0 radical (unpaired) electrons. The van der Waals surface area contributed by atoms with E-state index in [-0.39, 0.29) is 24.3 Å². The molecule has 3 fully saturated rings. The van der Waals surface area contributed by atoms with E-state index in [1.807, 2.05) is 13.1 Å². The van der Waals surface area contributed by atoms with Crippen molar-refractivity contribution in [2.75, 3.05) is 31.1 Å². The zero-order chi connectivity index (χ0) is 24.5. The fraction of sp³-hybridized carbons (Fsp3) is 0.542. The number of piperazine rings is 1. The van der Waals surface area contributed by atoms with E-state index in [1.54, 1.807) is 17.3 Å². The lowest BCUT2D eigenvalue weighted by Gasteiger charge is -2.35. The van der Waals surface area contributed by atoms with E-state index in [4.69, 9.17) is 38.7 Å². The summed E-state index contributed by atoms with van der Waals surface area (Å²) in [5, 5.41) is 1.06. The summed E-state index contributed by atoms with van der Waals surface area (Å²) in [5.41, 5.74) is 14.3. The van der Waals surface area contributed by atoms with Gasteiger partial charge in [-0.1, -0.05) is 29.3 Å². The van der Waals surface area contributed by atoms with Crippen molar-refractivity contribution in [2.24, 2.45) is 11.7 Å². The van der Waals surface area contributed by atoms with Gasteiger partial charge in [0, 0.05) is 56.4 Å². The van der Waals surface area contributed by atoms with E-state index in [1.165, 1.54) is 0 Å². The summed E-state index contributed by atoms with van der Waals surface area (Å²) in [4.78, 5) is 24.0. The maximum Gasteiger partial charge on any atom is 0.314 e. The van der Waals surface area contributed by atoms with Gasteiger partial charge in [0.25, 0.3) is 0 Å². The number of primary amides is 1. The summed E-state index contributed by atoms with van der Waals surface area (Å²) in [6.45, 7) is 4.68. The Morgan fingerprint density at radius 2 is 1.86 bits per heavy atom. The van der Waals surface area contributed by atoms with Crippen LogP contribution in [0.3, 0.4) is 0 Å². The zero-order valence-corrected chi connectivity index (χ0v) is 21.2. The predicted octanol–water partition coefficient (Wildman–Crippen LogP) is 3.45. The van der Waals surface area contributed by atoms with Crippen molar-refractivity contribution in [1.82, 2.24) is 25.7 Å². The SMILES string of the molecule is C[C@@H](OC1CCC2NNC(c3ccc(N4CCN(C(N)=O)CC4)nc3)C2C1)c1c(Cl)cncc1Cl. The first-order valence-corrected chi connectivity index (χ1v) is 12.9. The minimum Gasteiger partial charge on any atom is -0.370 e. The van der Waals surface area contributed by atoms with Gasteiger partial charge in [0.15, 0.2) is 0 Å². The molecule has 0 bridgehead atoms. The molecule has 35 heavy (non-hydrogen) atoms. The minimum atomic E-state index is -0.363. The fourth-order valence-electron chi connectivity index (χ4n) is 5.56. The first-order valence-electron chi connectivity index (χ1n) is 12.1. The molecule has 4 heterocycles. The molecule has 5 atom stereocenters. The molecule has 2 saturated heterocycles. The number of rotatable bonds is 5. The second kappa shape index (κ2) is 10.4. The monoisotopic (exact) mass is 519 g/mol. The molecule has 1 aliphatic carbocycles. The van der Waals surface area contributed by atoms with E-state index in [0.717, 1.165) is 49.3 Å². The Kier molecular flexibility index (Phi) is 7.31. The summed E-state index contributed by atoms with van der Waals surface area (Å²) in [5.74, 6) is 1.31. The largest absolute Gasteiger partial charge is 0.370 e. The van der Waals surface area contributed by atoms with Crippen molar-refractivity contribution in [3.8, 4) is 0 Å². The Morgan fingerprint density at radius 1 is 1.11 bits per heavy atom. The molecule has 0 spiro atoms. The van der Waals surface area contributed by atoms with Gasteiger partial charge in [-0.15, -0.1) is 0 Å². The van der Waals surface area contributed by atoms with E-state index >= 15 is 0 Å². The molecule has 0 aromatic carbocycles. The van der Waals surface area contributed by atoms with Crippen LogP contribution in [-0.2, 0) is 4.74 Å². The third kappa shape index (κ3) is 5.20. The van der Waals surface area contributed by atoms with E-state index in [0.29, 0.717) is 35.1 Å². The third-order valence-electron chi connectivity index (χ3n) is 7.44. The molecule has 2 aromatic heterocycles. The van der Waals surface area contributed by atoms with E-state index in [9.17, 15) is 4.79 Å². The molecule has 11 heteroatoms. The molecular weight excluding hydrogens is 489 g/mol. The Labute approximate surface area is 215 Å². The van der Waals surface area contributed by atoms with Crippen LogP contribution in [0.5, 0.6) is 0 Å². The van der Waals surface area contributed by atoms with Crippen molar-refractivity contribution >= 4 is 35.1 Å². The minimum absolute atomic E-state index is 0.115. The molecule has 2 aromatic rings. The number of halogens is 2. The lowest BCUT2D eigenvalue weighted by atomic mass is 9.78. The average molecular weight is 520 g/mol. The molecule has 4 N–H and O–H groups in total. The van der Waals surface area contributed by atoms with Gasteiger partial charge in [-0.25, -0.2) is 15.2 Å². The molecule has 188 valence electrons. The van der Waals surface area contributed by atoms with Crippen LogP contribution >= 0.6 is 23.2 Å². The molecule has 3 aliphatic rings. The number of ether oxygens (including phenoxy) is 1. The molecule has 2 aliphatic heterocycles. The second-order valence-electron chi connectivity index (χ2n) is 9.53. The number of pyridine rings is 2. The van der Waals surface area contributed by atoms with Crippen LogP contribution < -0.4 is 21.5 Å². The van der Waals surface area contributed by atoms with Crippen molar-refractivity contribution in [3.05, 3.63) is 51.9 Å². The molecule has 2 amide bonds. The van der Waals surface area contributed by atoms with Crippen molar-refractivity contribution in [3.63, 3.8) is 0 Å². The Morgan fingerprint density at radius 3 is 2.51 bits per heavy atom. The highest BCUT2D eigenvalue weighted by atomic mass is 35.5. The van der Waals surface area contributed by atoms with Gasteiger partial charge in [0.1, 0.15) is 5.82 Å². The van der Waals surface area contributed by atoms with E-state index < -0.39 is 0 Å². The molecular formula is C24H31Cl2N7O2. The lowest BCUT2D eigenvalue weighted by molar-refractivity contribution is -0.0370. The summed E-state index contributed by atoms with van der Waals surface area (Å²) in [6.07, 6.45) is 8.00. The van der Waals surface area contributed by atoms with Crippen LogP contribution in [0, 0.1) is 5.92 Å². The fourth-order valence-corrected chi connectivity index (χ4v) is 6.23. The van der Waals surface area contributed by atoms with Crippen molar-refractivity contribution in [1.29, 1.82) is 0 Å². The number of hydrazine groups is 1. The maximum atomic E-state index is 11.4. The Bertz CT molecular complexity index is 1030. The number of nitrogens with one attached hydrogen (secondary N) is 2.